The zero-order valence-electron chi connectivity index (χ0n) is 16.8. The standard InChI is InChI=1S/C20H22N4O7/c1-10-14(20(29)30-8-5-11(21)9-24(22)7-4-13(25)26)15-18(28)16-12(3-2-6-23-16)17(27)19(15)31-10/h3,9H,2,4-8,21-22H2,1H3,(H,25,26)/b11-9-. The normalized spacial score (nSPS) is 15.6. The second-order valence-corrected chi connectivity index (χ2v) is 7.00. The Bertz CT molecular complexity index is 1050. The average Bonchev–Trinajstić information content (AvgIpc) is 3.08. The average molecular weight is 430 g/mol. The fourth-order valence-electron chi connectivity index (χ4n) is 3.27. The molecule has 1 aliphatic carbocycles. The number of nitrogens with zero attached hydrogens (tertiary/aromatic N) is 2. The Labute approximate surface area is 177 Å². The molecule has 0 aromatic carbocycles. The van der Waals surface area contributed by atoms with Crippen LogP contribution in [-0.2, 0) is 9.53 Å². The Morgan fingerprint density at radius 3 is 2.77 bits per heavy atom. The molecule has 5 N–H and O–H groups in total. The molecule has 0 unspecified atom stereocenters. The van der Waals surface area contributed by atoms with Gasteiger partial charge in [-0.25, -0.2) is 10.6 Å². The first-order valence-corrected chi connectivity index (χ1v) is 9.54. The molecule has 0 radical (unpaired) electrons. The monoisotopic (exact) mass is 430 g/mol. The van der Waals surface area contributed by atoms with Gasteiger partial charge in [-0.15, -0.1) is 0 Å². The highest BCUT2D eigenvalue weighted by molar-refractivity contribution is 6.61. The topological polar surface area (TPSA) is 179 Å². The molecule has 1 aromatic rings. The van der Waals surface area contributed by atoms with Gasteiger partial charge in [-0.05, 0) is 13.3 Å². The molecule has 0 saturated carbocycles. The number of ether oxygens (including phenoxy) is 1. The molecule has 1 aliphatic heterocycles. The number of carbonyl (C=O) groups excluding carboxylic acids is 3. The minimum Gasteiger partial charge on any atom is -0.481 e. The zero-order valence-corrected chi connectivity index (χ0v) is 16.8. The maximum absolute atomic E-state index is 12.9. The van der Waals surface area contributed by atoms with Crippen LogP contribution in [0.25, 0.3) is 0 Å². The molecule has 2 aliphatic rings. The second kappa shape index (κ2) is 8.96. The molecule has 1 aromatic heterocycles. The van der Waals surface area contributed by atoms with E-state index in [9.17, 15) is 19.2 Å². The molecule has 0 atom stereocenters. The van der Waals surface area contributed by atoms with Crippen molar-refractivity contribution in [3.05, 3.63) is 46.2 Å². The summed E-state index contributed by atoms with van der Waals surface area (Å²) in [5.74, 6) is 2.70. The third kappa shape index (κ3) is 4.56. The predicted molar refractivity (Wildman–Crippen MR) is 107 cm³/mol. The first-order chi connectivity index (χ1) is 14.7. The van der Waals surface area contributed by atoms with Crippen LogP contribution >= 0.6 is 0 Å². The van der Waals surface area contributed by atoms with E-state index in [1.54, 1.807) is 6.08 Å². The van der Waals surface area contributed by atoms with Crippen LogP contribution in [0.15, 0.2) is 33.0 Å². The van der Waals surface area contributed by atoms with Crippen molar-refractivity contribution in [1.29, 1.82) is 0 Å². The Kier molecular flexibility index (Phi) is 6.35. The van der Waals surface area contributed by atoms with Gasteiger partial charge in [-0.2, -0.15) is 0 Å². The van der Waals surface area contributed by atoms with Crippen LogP contribution in [0.2, 0.25) is 0 Å². The number of ketones is 2. The Morgan fingerprint density at radius 2 is 2.06 bits per heavy atom. The van der Waals surface area contributed by atoms with E-state index < -0.39 is 23.5 Å². The number of nitrogens with two attached hydrogens (primary N) is 2. The van der Waals surface area contributed by atoms with Crippen LogP contribution in [0.5, 0.6) is 0 Å². The lowest BCUT2D eigenvalue weighted by atomic mass is 9.85. The predicted octanol–water partition coefficient (Wildman–Crippen LogP) is 0.736. The van der Waals surface area contributed by atoms with E-state index in [-0.39, 0.29) is 65.6 Å². The summed E-state index contributed by atoms with van der Waals surface area (Å²) < 4.78 is 10.7. The van der Waals surface area contributed by atoms with Crippen molar-refractivity contribution in [2.75, 3.05) is 19.7 Å². The fraction of sp³-hybridized carbons (Fsp3) is 0.350. The Hall–Kier alpha value is -3.73. The molecule has 0 saturated heterocycles. The zero-order chi connectivity index (χ0) is 22.7. The molecular formula is C20H22N4O7. The molecule has 0 bridgehead atoms. The van der Waals surface area contributed by atoms with Crippen molar-refractivity contribution < 1.29 is 33.4 Å². The second-order valence-electron chi connectivity index (χ2n) is 7.00. The van der Waals surface area contributed by atoms with E-state index in [4.69, 9.17) is 25.8 Å². The van der Waals surface area contributed by atoms with Crippen LogP contribution in [-0.4, -0.2) is 59.0 Å². The smallest absolute Gasteiger partial charge is 0.342 e. The summed E-state index contributed by atoms with van der Waals surface area (Å²) in [6.07, 6.45) is 3.51. The fourth-order valence-corrected chi connectivity index (χ4v) is 3.27. The first kappa shape index (κ1) is 22.0. The molecule has 11 nitrogen and oxygen atoms in total. The quantitative estimate of drug-likeness (QED) is 0.302. The summed E-state index contributed by atoms with van der Waals surface area (Å²) in [5.41, 5.74) is 6.07. The number of allylic oxidation sites excluding steroid dienone is 1. The number of hydrogen-bond donors (Lipinski definition) is 3. The lowest BCUT2D eigenvalue weighted by Crippen LogP contribution is -2.32. The third-order valence-corrected chi connectivity index (χ3v) is 4.72. The van der Waals surface area contributed by atoms with Crippen molar-refractivity contribution in [2.24, 2.45) is 16.6 Å². The van der Waals surface area contributed by atoms with E-state index in [1.165, 1.54) is 13.1 Å². The molecule has 11 heteroatoms. The highest BCUT2D eigenvalue weighted by Crippen LogP contribution is 2.32. The van der Waals surface area contributed by atoms with Crippen molar-refractivity contribution >= 4 is 29.2 Å². The molecule has 164 valence electrons. The summed E-state index contributed by atoms with van der Waals surface area (Å²) in [5, 5.41) is 9.77. The summed E-state index contributed by atoms with van der Waals surface area (Å²) in [6, 6.07) is 0. The first-order valence-electron chi connectivity index (χ1n) is 9.54. The minimum absolute atomic E-state index is 0.0372. The molecule has 0 spiro atoms. The SMILES string of the molecule is Cc1oc2c(c1C(=O)OCC/C(N)=C/N(N)CCC(=O)O)C(=O)C1=NCCC=C1C2=O. The van der Waals surface area contributed by atoms with Crippen LogP contribution < -0.4 is 11.6 Å². The summed E-state index contributed by atoms with van der Waals surface area (Å²) >= 11 is 0. The molecular weight excluding hydrogens is 408 g/mol. The maximum Gasteiger partial charge on any atom is 0.342 e. The number of carbonyl (C=O) groups is 4. The van der Waals surface area contributed by atoms with E-state index in [0.29, 0.717) is 13.0 Å². The number of furan rings is 1. The number of hydrazine groups is 1. The van der Waals surface area contributed by atoms with Crippen molar-refractivity contribution in [2.45, 2.75) is 26.2 Å². The number of aliphatic imine (C=N–C) groups is 1. The van der Waals surface area contributed by atoms with Gasteiger partial charge in [-0.3, -0.25) is 19.4 Å². The van der Waals surface area contributed by atoms with E-state index >= 15 is 0 Å². The van der Waals surface area contributed by atoms with Gasteiger partial charge in [0.1, 0.15) is 17.0 Å². The third-order valence-electron chi connectivity index (χ3n) is 4.72. The lowest BCUT2D eigenvalue weighted by Gasteiger charge is -2.18. The van der Waals surface area contributed by atoms with E-state index in [0.717, 1.165) is 5.01 Å². The molecule has 0 amide bonds. The van der Waals surface area contributed by atoms with Gasteiger partial charge in [0, 0.05) is 31.4 Å². The lowest BCUT2D eigenvalue weighted by molar-refractivity contribution is -0.137. The molecule has 0 fully saturated rings. The number of carboxylic acids is 1. The van der Waals surface area contributed by atoms with Crippen molar-refractivity contribution in [3.63, 3.8) is 0 Å². The van der Waals surface area contributed by atoms with E-state index in [2.05, 4.69) is 4.99 Å². The van der Waals surface area contributed by atoms with Gasteiger partial charge in [0.25, 0.3) is 0 Å². The highest BCUT2D eigenvalue weighted by atomic mass is 16.5. The number of dihydropyridines is 1. The van der Waals surface area contributed by atoms with Gasteiger partial charge in [0.15, 0.2) is 5.76 Å². The van der Waals surface area contributed by atoms with Crippen LogP contribution in [0.3, 0.4) is 0 Å². The molecule has 31 heavy (non-hydrogen) atoms. The number of carboxylic acid groups (broad SMARTS) is 1. The van der Waals surface area contributed by atoms with Crippen LogP contribution in [0, 0.1) is 6.92 Å². The van der Waals surface area contributed by atoms with Gasteiger partial charge in [0.2, 0.25) is 11.6 Å². The summed E-state index contributed by atoms with van der Waals surface area (Å²) in [7, 11) is 0. The van der Waals surface area contributed by atoms with E-state index in [1.807, 2.05) is 0 Å². The van der Waals surface area contributed by atoms with Gasteiger partial charge >= 0.3 is 11.9 Å². The number of Topliss-reactive ketones (excluding diaryl/α,β-unsaturated/α-hetero) is 2. The largest absolute Gasteiger partial charge is 0.481 e. The Balaban J connectivity index is 1.70. The molecule has 3 rings (SSSR count). The van der Waals surface area contributed by atoms with Gasteiger partial charge in [-0.1, -0.05) is 6.08 Å². The summed E-state index contributed by atoms with van der Waals surface area (Å²) in [4.78, 5) is 52.8. The number of aliphatic carboxylic acids is 1. The summed E-state index contributed by atoms with van der Waals surface area (Å²) in [6.45, 7) is 1.80. The number of hydrogen-bond acceptors (Lipinski definition) is 10. The maximum atomic E-state index is 12.9. The van der Waals surface area contributed by atoms with Crippen molar-refractivity contribution in [1.82, 2.24) is 5.01 Å². The highest BCUT2D eigenvalue weighted by Gasteiger charge is 2.42. The van der Waals surface area contributed by atoms with Gasteiger partial charge < -0.3 is 25.0 Å². The van der Waals surface area contributed by atoms with Gasteiger partial charge in [0.05, 0.1) is 24.2 Å². The van der Waals surface area contributed by atoms with Crippen LogP contribution in [0.4, 0.5) is 0 Å². The minimum atomic E-state index is -0.995. The number of rotatable bonds is 8. The number of esters is 1. The van der Waals surface area contributed by atoms with Crippen LogP contribution in [0.1, 0.15) is 56.3 Å². The number of fused-ring (bicyclic) bond motifs is 2. The molecule has 2 heterocycles. The number of aryl methyl sites for hydroxylation is 1. The van der Waals surface area contributed by atoms with Crippen molar-refractivity contribution in [3.8, 4) is 0 Å². The Morgan fingerprint density at radius 1 is 1.32 bits per heavy atom.